The summed E-state index contributed by atoms with van der Waals surface area (Å²) in [5.41, 5.74) is 2.87. The lowest BCUT2D eigenvalue weighted by molar-refractivity contribution is -0.173. The molecule has 1 aliphatic rings. The van der Waals surface area contributed by atoms with Crippen LogP contribution >= 0.6 is 0 Å². The van der Waals surface area contributed by atoms with Crippen LogP contribution in [-0.2, 0) is 0 Å². The Bertz CT molecular complexity index is 1110. The zero-order valence-corrected chi connectivity index (χ0v) is 17.5. The minimum atomic E-state index is -4.52. The lowest BCUT2D eigenvalue weighted by Crippen LogP contribution is -2.36. The van der Waals surface area contributed by atoms with E-state index < -0.39 is 30.3 Å². The van der Waals surface area contributed by atoms with Crippen LogP contribution in [0.3, 0.4) is 0 Å². The second-order valence-electron chi connectivity index (χ2n) is 8.00. The molecule has 0 aliphatic carbocycles. The highest BCUT2D eigenvalue weighted by Crippen LogP contribution is 2.44. The van der Waals surface area contributed by atoms with Gasteiger partial charge in [0.05, 0.1) is 18.3 Å². The Morgan fingerprint density at radius 1 is 1.19 bits per heavy atom. The molecule has 9 heteroatoms. The van der Waals surface area contributed by atoms with E-state index in [1.165, 1.54) is 0 Å². The average molecular weight is 444 g/mol. The van der Waals surface area contributed by atoms with Gasteiger partial charge >= 0.3 is 6.18 Å². The first-order valence-corrected chi connectivity index (χ1v) is 10.2. The molecule has 3 N–H and O–H groups in total. The molecule has 0 radical (unpaired) electrons. The van der Waals surface area contributed by atoms with Gasteiger partial charge in [-0.25, -0.2) is 4.68 Å². The van der Waals surface area contributed by atoms with Gasteiger partial charge in [-0.3, -0.25) is 4.79 Å². The second kappa shape index (κ2) is 8.31. The summed E-state index contributed by atoms with van der Waals surface area (Å²) in [7, 11) is 0. The fourth-order valence-corrected chi connectivity index (χ4v) is 3.79. The molecule has 2 aromatic carbocycles. The predicted molar refractivity (Wildman–Crippen MR) is 115 cm³/mol. The van der Waals surface area contributed by atoms with Crippen molar-refractivity contribution < 1.29 is 23.1 Å². The Labute approximate surface area is 183 Å². The van der Waals surface area contributed by atoms with Crippen molar-refractivity contribution in [1.29, 1.82) is 0 Å². The standard InChI is InChI=1S/C23H23F3N4O2/c1-13-3-5-16(6-4-13)19-11-20(23(24,25)26)30-21(29-19)18(12-27-30)22(32)28-17-9-7-15(8-10-17)14(2)31/h3-10,12,14,19-20,29,31H,11H2,1-2H3,(H,28,32)/t14-,19+,20-/m1/s1. The van der Waals surface area contributed by atoms with E-state index in [1.807, 2.05) is 19.1 Å². The molecule has 0 saturated heterocycles. The van der Waals surface area contributed by atoms with Crippen LogP contribution in [-0.4, -0.2) is 27.0 Å². The molecule has 32 heavy (non-hydrogen) atoms. The van der Waals surface area contributed by atoms with Crippen molar-refractivity contribution in [3.63, 3.8) is 0 Å². The van der Waals surface area contributed by atoms with Gasteiger partial charge in [-0.2, -0.15) is 18.3 Å². The molecule has 1 amide bonds. The maximum Gasteiger partial charge on any atom is 0.410 e. The van der Waals surface area contributed by atoms with Crippen LogP contribution < -0.4 is 10.6 Å². The molecule has 1 aromatic heterocycles. The van der Waals surface area contributed by atoms with Crippen molar-refractivity contribution in [2.45, 2.75) is 44.6 Å². The van der Waals surface area contributed by atoms with E-state index in [9.17, 15) is 23.1 Å². The van der Waals surface area contributed by atoms with Crippen LogP contribution in [0.25, 0.3) is 0 Å². The van der Waals surface area contributed by atoms with E-state index in [2.05, 4.69) is 15.7 Å². The van der Waals surface area contributed by atoms with Crippen LogP contribution in [0.5, 0.6) is 0 Å². The smallest absolute Gasteiger partial charge is 0.389 e. The highest BCUT2D eigenvalue weighted by Gasteiger charge is 2.47. The van der Waals surface area contributed by atoms with E-state index in [-0.39, 0.29) is 17.8 Å². The van der Waals surface area contributed by atoms with Gasteiger partial charge in [0.15, 0.2) is 6.04 Å². The third-order valence-corrected chi connectivity index (χ3v) is 5.61. The van der Waals surface area contributed by atoms with Crippen molar-refractivity contribution in [1.82, 2.24) is 9.78 Å². The summed E-state index contributed by atoms with van der Waals surface area (Å²) in [6, 6.07) is 11.4. The molecule has 0 unspecified atom stereocenters. The SMILES string of the molecule is Cc1ccc([C@@H]2C[C@H](C(F)(F)F)n3ncc(C(=O)Nc4ccc([C@@H](C)O)cc4)c3N2)cc1. The van der Waals surface area contributed by atoms with Crippen LogP contribution in [0.15, 0.2) is 54.7 Å². The van der Waals surface area contributed by atoms with Gasteiger partial charge in [-0.15, -0.1) is 0 Å². The van der Waals surface area contributed by atoms with Gasteiger partial charge in [-0.1, -0.05) is 42.0 Å². The fourth-order valence-electron chi connectivity index (χ4n) is 3.79. The monoisotopic (exact) mass is 444 g/mol. The number of hydrogen-bond donors (Lipinski definition) is 3. The number of rotatable bonds is 4. The van der Waals surface area contributed by atoms with Crippen molar-refractivity contribution in [2.75, 3.05) is 10.6 Å². The number of benzene rings is 2. The Kier molecular flexibility index (Phi) is 5.68. The zero-order valence-electron chi connectivity index (χ0n) is 17.5. The second-order valence-corrected chi connectivity index (χ2v) is 8.00. The van der Waals surface area contributed by atoms with Gasteiger partial charge in [0, 0.05) is 12.1 Å². The van der Waals surface area contributed by atoms with Crippen molar-refractivity contribution in [3.8, 4) is 0 Å². The molecule has 0 fully saturated rings. The number of aryl methyl sites for hydroxylation is 1. The number of hydrogen-bond acceptors (Lipinski definition) is 4. The summed E-state index contributed by atoms with van der Waals surface area (Å²) >= 11 is 0. The third-order valence-electron chi connectivity index (χ3n) is 5.61. The number of nitrogens with zero attached hydrogens (tertiary/aromatic N) is 2. The van der Waals surface area contributed by atoms with E-state index in [0.717, 1.165) is 16.4 Å². The molecule has 0 spiro atoms. The molecule has 3 aromatic rings. The Morgan fingerprint density at radius 3 is 2.44 bits per heavy atom. The van der Waals surface area contributed by atoms with Gasteiger partial charge in [-0.05, 0) is 37.1 Å². The summed E-state index contributed by atoms with van der Waals surface area (Å²) in [5, 5.41) is 19.3. The van der Waals surface area contributed by atoms with Gasteiger partial charge in [0.2, 0.25) is 0 Å². The Balaban J connectivity index is 1.64. The third kappa shape index (κ3) is 4.34. The number of carbonyl (C=O) groups excluding carboxylic acids is 1. The van der Waals surface area contributed by atoms with E-state index in [4.69, 9.17) is 0 Å². The Hall–Kier alpha value is -3.33. The molecule has 4 rings (SSSR count). The van der Waals surface area contributed by atoms with E-state index in [0.29, 0.717) is 16.8 Å². The largest absolute Gasteiger partial charge is 0.410 e. The molecule has 0 saturated carbocycles. The maximum atomic E-state index is 13.8. The maximum absolute atomic E-state index is 13.8. The number of nitrogens with one attached hydrogen (secondary N) is 2. The number of halogens is 3. The number of amides is 1. The summed E-state index contributed by atoms with van der Waals surface area (Å²) in [4.78, 5) is 12.9. The number of carbonyl (C=O) groups is 1. The molecule has 3 atom stereocenters. The van der Waals surface area contributed by atoms with Crippen LogP contribution in [0.2, 0.25) is 0 Å². The number of alkyl halides is 3. The van der Waals surface area contributed by atoms with E-state index >= 15 is 0 Å². The topological polar surface area (TPSA) is 79.2 Å². The lowest BCUT2D eigenvalue weighted by atomic mass is 9.96. The highest BCUT2D eigenvalue weighted by molar-refractivity contribution is 6.07. The van der Waals surface area contributed by atoms with Gasteiger partial charge < -0.3 is 15.7 Å². The van der Waals surface area contributed by atoms with E-state index in [1.54, 1.807) is 43.3 Å². The molecule has 6 nitrogen and oxygen atoms in total. The first-order chi connectivity index (χ1) is 15.1. The first-order valence-electron chi connectivity index (χ1n) is 10.2. The Morgan fingerprint density at radius 2 is 1.84 bits per heavy atom. The zero-order chi connectivity index (χ0) is 23.0. The number of aliphatic hydroxyl groups is 1. The molecule has 0 bridgehead atoms. The van der Waals surface area contributed by atoms with Crippen molar-refractivity contribution in [3.05, 3.63) is 77.0 Å². The molecular formula is C23H23F3N4O2. The number of fused-ring (bicyclic) bond motifs is 1. The van der Waals surface area contributed by atoms with Crippen molar-refractivity contribution in [2.24, 2.45) is 0 Å². The fraction of sp³-hybridized carbons (Fsp3) is 0.304. The molecule has 1 aliphatic heterocycles. The van der Waals surface area contributed by atoms with Crippen LogP contribution in [0, 0.1) is 6.92 Å². The summed E-state index contributed by atoms with van der Waals surface area (Å²) in [6.45, 7) is 3.53. The van der Waals surface area contributed by atoms with Gasteiger partial charge in [0.25, 0.3) is 5.91 Å². The normalized spacial score (nSPS) is 19.1. The molecule has 2 heterocycles. The summed E-state index contributed by atoms with van der Waals surface area (Å²) < 4.78 is 42.3. The van der Waals surface area contributed by atoms with Crippen LogP contribution in [0.4, 0.5) is 24.7 Å². The lowest BCUT2D eigenvalue weighted by Gasteiger charge is -2.34. The minimum absolute atomic E-state index is 0.0238. The molecule has 168 valence electrons. The minimum Gasteiger partial charge on any atom is -0.389 e. The van der Waals surface area contributed by atoms with Crippen LogP contribution in [0.1, 0.15) is 58.6 Å². The quantitative estimate of drug-likeness (QED) is 0.520. The van der Waals surface area contributed by atoms with Gasteiger partial charge in [0.1, 0.15) is 11.4 Å². The first kappa shape index (κ1) is 21.9. The van der Waals surface area contributed by atoms with Crippen molar-refractivity contribution >= 4 is 17.4 Å². The summed E-state index contributed by atoms with van der Waals surface area (Å²) in [6.07, 6.45) is -4.25. The number of anilines is 2. The number of aromatic nitrogens is 2. The highest BCUT2D eigenvalue weighted by atomic mass is 19.4. The number of aliphatic hydroxyl groups excluding tert-OH is 1. The molecular weight excluding hydrogens is 421 g/mol. The predicted octanol–water partition coefficient (Wildman–Crippen LogP) is 5.16. The average Bonchev–Trinajstić information content (AvgIpc) is 3.17. The summed E-state index contributed by atoms with van der Waals surface area (Å²) in [5.74, 6) is -0.545.